The van der Waals surface area contributed by atoms with E-state index in [1.165, 1.54) is 33.0 Å². The molecule has 0 aliphatic rings. The maximum atomic E-state index is 11.9. The Labute approximate surface area is 143 Å². The summed E-state index contributed by atoms with van der Waals surface area (Å²) >= 11 is 11.7. The van der Waals surface area contributed by atoms with E-state index < -0.39 is 30.1 Å². The summed E-state index contributed by atoms with van der Waals surface area (Å²) in [4.78, 5) is 34.5. The molecule has 0 saturated heterocycles. The molecule has 0 radical (unpaired) electrons. The molecule has 2 unspecified atom stereocenters. The van der Waals surface area contributed by atoms with Gasteiger partial charge < -0.3 is 14.8 Å². The maximum Gasteiger partial charge on any atom is 0.347 e. The number of carbonyl (C=O) groups is 3. The molecule has 1 rings (SSSR count). The Morgan fingerprint density at radius 2 is 1.78 bits per heavy atom. The first kappa shape index (κ1) is 19.1. The molecule has 0 aromatic heterocycles. The molecule has 0 aliphatic heterocycles. The van der Waals surface area contributed by atoms with E-state index in [4.69, 9.17) is 32.7 Å². The summed E-state index contributed by atoms with van der Waals surface area (Å²) in [5, 5.41) is 4.87. The topological polar surface area (TPSA) is 93.7 Å². The highest BCUT2D eigenvalue weighted by Crippen LogP contribution is 2.28. The molecule has 1 aromatic rings. The average Bonchev–Trinajstić information content (AvgIpc) is 2.49. The SMILES string of the molecule is CNC(=O)NC(=O)C(C)OC(=O)C(C)Oc1ccc(Cl)cc1Cl. The third-order valence-electron chi connectivity index (χ3n) is 2.66. The average molecular weight is 363 g/mol. The van der Waals surface area contributed by atoms with E-state index in [-0.39, 0.29) is 10.8 Å². The Morgan fingerprint density at radius 3 is 2.35 bits per heavy atom. The summed E-state index contributed by atoms with van der Waals surface area (Å²) in [6.45, 7) is 2.77. The van der Waals surface area contributed by atoms with Crippen LogP contribution < -0.4 is 15.4 Å². The fourth-order valence-corrected chi connectivity index (χ4v) is 1.86. The van der Waals surface area contributed by atoms with Crippen LogP contribution in [0.25, 0.3) is 0 Å². The van der Waals surface area contributed by atoms with Gasteiger partial charge in [0.25, 0.3) is 5.91 Å². The van der Waals surface area contributed by atoms with Crippen molar-refractivity contribution in [1.82, 2.24) is 10.6 Å². The zero-order valence-corrected chi connectivity index (χ0v) is 14.2. The first-order valence-electron chi connectivity index (χ1n) is 6.59. The number of ether oxygens (including phenoxy) is 2. The molecule has 23 heavy (non-hydrogen) atoms. The second kappa shape index (κ2) is 8.59. The van der Waals surface area contributed by atoms with E-state index in [1.807, 2.05) is 5.32 Å². The summed E-state index contributed by atoms with van der Waals surface area (Å²) in [5.41, 5.74) is 0. The van der Waals surface area contributed by atoms with Crippen LogP contribution in [-0.4, -0.2) is 37.2 Å². The molecular formula is C14H16Cl2N2O5. The van der Waals surface area contributed by atoms with Crippen LogP contribution >= 0.6 is 23.2 Å². The van der Waals surface area contributed by atoms with Crippen LogP contribution in [0, 0.1) is 0 Å². The minimum atomic E-state index is -1.16. The van der Waals surface area contributed by atoms with Gasteiger partial charge in [-0.1, -0.05) is 23.2 Å². The fourth-order valence-electron chi connectivity index (χ4n) is 1.41. The minimum absolute atomic E-state index is 0.238. The molecule has 0 bridgehead atoms. The number of nitrogens with one attached hydrogen (secondary N) is 2. The number of amides is 3. The molecule has 2 N–H and O–H groups in total. The van der Waals surface area contributed by atoms with Gasteiger partial charge in [-0.3, -0.25) is 10.1 Å². The van der Waals surface area contributed by atoms with Crippen molar-refractivity contribution in [3.05, 3.63) is 28.2 Å². The molecule has 1 aromatic carbocycles. The first-order valence-corrected chi connectivity index (χ1v) is 7.35. The van der Waals surface area contributed by atoms with E-state index in [9.17, 15) is 14.4 Å². The number of urea groups is 1. The summed E-state index contributed by atoms with van der Waals surface area (Å²) in [7, 11) is 1.35. The maximum absolute atomic E-state index is 11.9. The smallest absolute Gasteiger partial charge is 0.347 e. The van der Waals surface area contributed by atoms with Gasteiger partial charge in [0.2, 0.25) is 0 Å². The zero-order valence-electron chi connectivity index (χ0n) is 12.7. The van der Waals surface area contributed by atoms with E-state index in [1.54, 1.807) is 6.07 Å². The van der Waals surface area contributed by atoms with Crippen molar-refractivity contribution in [3.8, 4) is 5.75 Å². The van der Waals surface area contributed by atoms with E-state index >= 15 is 0 Å². The third kappa shape index (κ3) is 5.96. The molecule has 9 heteroatoms. The van der Waals surface area contributed by atoms with Crippen molar-refractivity contribution >= 4 is 41.1 Å². The Hall–Kier alpha value is -1.99. The van der Waals surface area contributed by atoms with Crippen molar-refractivity contribution < 1.29 is 23.9 Å². The van der Waals surface area contributed by atoms with Gasteiger partial charge in [-0.05, 0) is 32.0 Å². The van der Waals surface area contributed by atoms with Gasteiger partial charge in [0.15, 0.2) is 12.2 Å². The zero-order chi connectivity index (χ0) is 17.6. The molecule has 0 saturated carbocycles. The Balaban J connectivity index is 2.59. The van der Waals surface area contributed by atoms with E-state index in [2.05, 4.69) is 5.32 Å². The number of hydrogen-bond donors (Lipinski definition) is 2. The van der Waals surface area contributed by atoms with E-state index in [0.717, 1.165) is 0 Å². The monoisotopic (exact) mass is 362 g/mol. The lowest BCUT2D eigenvalue weighted by Gasteiger charge is -2.18. The van der Waals surface area contributed by atoms with Gasteiger partial charge in [-0.25, -0.2) is 9.59 Å². The van der Waals surface area contributed by atoms with Gasteiger partial charge >= 0.3 is 12.0 Å². The highest BCUT2D eigenvalue weighted by Gasteiger charge is 2.24. The highest BCUT2D eigenvalue weighted by atomic mass is 35.5. The lowest BCUT2D eigenvalue weighted by atomic mass is 10.3. The summed E-state index contributed by atoms with van der Waals surface area (Å²) in [6, 6.07) is 3.84. The Bertz CT molecular complexity index is 609. The number of imide groups is 1. The normalized spacial score (nSPS) is 12.7. The second-order valence-corrected chi connectivity index (χ2v) is 5.33. The predicted molar refractivity (Wildman–Crippen MR) is 84.7 cm³/mol. The summed E-state index contributed by atoms with van der Waals surface area (Å²) in [5.74, 6) is -1.28. The van der Waals surface area contributed by atoms with Gasteiger partial charge in [0, 0.05) is 12.1 Å². The molecule has 0 heterocycles. The molecule has 0 spiro atoms. The van der Waals surface area contributed by atoms with Crippen molar-refractivity contribution in [2.75, 3.05) is 7.05 Å². The minimum Gasteiger partial charge on any atom is -0.477 e. The molecule has 7 nitrogen and oxygen atoms in total. The van der Waals surface area contributed by atoms with Gasteiger partial charge in [-0.2, -0.15) is 0 Å². The third-order valence-corrected chi connectivity index (χ3v) is 3.19. The number of esters is 1. The molecule has 3 amide bonds. The highest BCUT2D eigenvalue weighted by molar-refractivity contribution is 6.35. The predicted octanol–water partition coefficient (Wildman–Crippen LogP) is 2.15. The Morgan fingerprint density at radius 1 is 1.13 bits per heavy atom. The van der Waals surface area contributed by atoms with Gasteiger partial charge in [-0.15, -0.1) is 0 Å². The second-order valence-electron chi connectivity index (χ2n) is 4.48. The van der Waals surface area contributed by atoms with Crippen molar-refractivity contribution in [1.29, 1.82) is 0 Å². The van der Waals surface area contributed by atoms with Crippen LogP contribution in [0.15, 0.2) is 18.2 Å². The first-order chi connectivity index (χ1) is 10.7. The Kier molecular flexibility index (Phi) is 7.12. The number of hydrogen-bond acceptors (Lipinski definition) is 5. The number of halogens is 2. The summed E-state index contributed by atoms with van der Waals surface area (Å²) < 4.78 is 10.3. The van der Waals surface area contributed by atoms with Crippen molar-refractivity contribution in [3.63, 3.8) is 0 Å². The number of benzene rings is 1. The molecule has 0 aliphatic carbocycles. The van der Waals surface area contributed by atoms with Crippen LogP contribution in [-0.2, 0) is 14.3 Å². The van der Waals surface area contributed by atoms with Gasteiger partial charge in [0.05, 0.1) is 5.02 Å². The van der Waals surface area contributed by atoms with Crippen molar-refractivity contribution in [2.45, 2.75) is 26.1 Å². The lowest BCUT2D eigenvalue weighted by molar-refractivity contribution is -0.160. The molecule has 2 atom stereocenters. The molecular weight excluding hydrogens is 347 g/mol. The lowest BCUT2D eigenvalue weighted by Crippen LogP contribution is -2.44. The molecule has 0 fully saturated rings. The fraction of sp³-hybridized carbons (Fsp3) is 0.357. The summed E-state index contributed by atoms with van der Waals surface area (Å²) in [6.07, 6.45) is -2.17. The van der Waals surface area contributed by atoms with Crippen LogP contribution in [0.3, 0.4) is 0 Å². The number of carbonyl (C=O) groups excluding carboxylic acids is 3. The van der Waals surface area contributed by atoms with Crippen LogP contribution in [0.2, 0.25) is 10.0 Å². The van der Waals surface area contributed by atoms with Crippen LogP contribution in [0.4, 0.5) is 4.79 Å². The number of rotatable bonds is 5. The van der Waals surface area contributed by atoms with Crippen LogP contribution in [0.1, 0.15) is 13.8 Å². The van der Waals surface area contributed by atoms with Crippen LogP contribution in [0.5, 0.6) is 5.75 Å². The van der Waals surface area contributed by atoms with Crippen molar-refractivity contribution in [2.24, 2.45) is 0 Å². The largest absolute Gasteiger partial charge is 0.477 e. The standard InChI is InChI=1S/C14H16Cl2N2O5/c1-7(12(19)18-14(21)17-3)23-13(20)8(2)22-11-5-4-9(15)6-10(11)16/h4-8H,1-3H3,(H2,17,18,19,21). The quantitative estimate of drug-likeness (QED) is 0.782. The molecule has 126 valence electrons. The van der Waals surface area contributed by atoms with Gasteiger partial charge in [0.1, 0.15) is 5.75 Å². The van der Waals surface area contributed by atoms with E-state index in [0.29, 0.717) is 5.02 Å².